The zero-order valence-corrected chi connectivity index (χ0v) is 18.6. The minimum Gasteiger partial charge on any atom is -0.334 e. The van der Waals surface area contributed by atoms with Gasteiger partial charge in [0.2, 0.25) is 5.78 Å². The van der Waals surface area contributed by atoms with E-state index in [0.29, 0.717) is 11.5 Å². The minimum atomic E-state index is 0.0330. The van der Waals surface area contributed by atoms with Crippen molar-refractivity contribution < 1.29 is 4.79 Å². The van der Waals surface area contributed by atoms with E-state index < -0.39 is 0 Å². The summed E-state index contributed by atoms with van der Waals surface area (Å²) in [4.78, 5) is 30.5. The lowest BCUT2D eigenvalue weighted by atomic mass is 9.97. The lowest BCUT2D eigenvalue weighted by Crippen LogP contribution is -2.45. The number of rotatable bonds is 4. The Bertz CT molecular complexity index is 1230. The van der Waals surface area contributed by atoms with Crippen LogP contribution in [0.3, 0.4) is 0 Å². The fourth-order valence-corrected chi connectivity index (χ4v) is 5.24. The Morgan fingerprint density at radius 2 is 1.94 bits per heavy atom. The van der Waals surface area contributed by atoms with Crippen molar-refractivity contribution in [1.82, 2.24) is 24.3 Å². The number of hydrogen-bond donors (Lipinski definition) is 0. The second-order valence-electron chi connectivity index (χ2n) is 8.14. The third-order valence-corrected chi connectivity index (χ3v) is 6.84. The maximum atomic E-state index is 13.7. The van der Waals surface area contributed by atoms with Crippen LogP contribution in [-0.2, 0) is 6.42 Å². The van der Waals surface area contributed by atoms with Gasteiger partial charge in [0.1, 0.15) is 5.69 Å². The number of piperidine rings is 1. The van der Waals surface area contributed by atoms with Crippen LogP contribution in [0.4, 0.5) is 0 Å². The average Bonchev–Trinajstić information content (AvgIpc) is 3.36. The minimum absolute atomic E-state index is 0.0330. The predicted molar refractivity (Wildman–Crippen MR) is 122 cm³/mol. The molecule has 0 spiro atoms. The fraction of sp³-hybridized carbons (Fsp3) is 0.333. The van der Waals surface area contributed by atoms with Crippen molar-refractivity contribution in [3.05, 3.63) is 70.9 Å². The van der Waals surface area contributed by atoms with Crippen molar-refractivity contribution in [3.8, 4) is 10.4 Å². The number of amides is 1. The SMILES string of the molecule is Cc1ccn2cc(C[C@@H]3CCCCN3C(=O)c3nc(C)sc3-c3ccccc3)nc2n1. The Kier molecular flexibility index (Phi) is 5.28. The number of thiazole rings is 1. The molecule has 4 aromatic rings. The third kappa shape index (κ3) is 3.97. The predicted octanol–water partition coefficient (Wildman–Crippen LogP) is 4.71. The van der Waals surface area contributed by atoms with Crippen molar-refractivity contribution in [1.29, 1.82) is 0 Å². The summed E-state index contributed by atoms with van der Waals surface area (Å²) in [7, 11) is 0. The molecule has 3 aromatic heterocycles. The molecule has 0 bridgehead atoms. The summed E-state index contributed by atoms with van der Waals surface area (Å²) in [5, 5.41) is 0.914. The van der Waals surface area contributed by atoms with Crippen molar-refractivity contribution >= 4 is 23.0 Å². The molecule has 1 aliphatic rings. The van der Waals surface area contributed by atoms with Crippen molar-refractivity contribution in [2.75, 3.05) is 6.54 Å². The first-order chi connectivity index (χ1) is 15.1. The van der Waals surface area contributed by atoms with E-state index in [0.717, 1.165) is 59.1 Å². The van der Waals surface area contributed by atoms with Gasteiger partial charge in [0.25, 0.3) is 5.91 Å². The lowest BCUT2D eigenvalue weighted by molar-refractivity contribution is 0.0608. The molecule has 6 nitrogen and oxygen atoms in total. The van der Waals surface area contributed by atoms with Crippen molar-refractivity contribution in [2.45, 2.75) is 45.6 Å². The number of benzene rings is 1. The summed E-state index contributed by atoms with van der Waals surface area (Å²) < 4.78 is 1.95. The standard InChI is InChI=1S/C24H25N5OS/c1-16-11-13-28-15-19(27-24(28)25-16)14-20-10-6-7-12-29(20)23(30)21-22(31-17(2)26-21)18-8-4-3-5-9-18/h3-5,8-9,11,13,15,20H,6-7,10,12,14H2,1-2H3/t20-/m0/s1. The number of aromatic nitrogens is 4. The highest BCUT2D eigenvalue weighted by molar-refractivity contribution is 7.15. The van der Waals surface area contributed by atoms with E-state index in [1.807, 2.05) is 71.9 Å². The largest absolute Gasteiger partial charge is 0.334 e. The van der Waals surface area contributed by atoms with Crippen LogP contribution in [0.1, 0.15) is 46.1 Å². The molecule has 0 saturated carbocycles. The van der Waals surface area contributed by atoms with E-state index in [1.165, 1.54) is 0 Å². The van der Waals surface area contributed by atoms with Gasteiger partial charge in [-0.3, -0.25) is 9.20 Å². The number of carbonyl (C=O) groups excluding carboxylic acids is 1. The van der Waals surface area contributed by atoms with E-state index in [2.05, 4.69) is 9.97 Å². The molecule has 1 saturated heterocycles. The van der Waals surface area contributed by atoms with Gasteiger partial charge < -0.3 is 4.90 Å². The Morgan fingerprint density at radius 1 is 1.10 bits per heavy atom. The average molecular weight is 432 g/mol. The van der Waals surface area contributed by atoms with E-state index in [1.54, 1.807) is 11.3 Å². The van der Waals surface area contributed by atoms with Crippen LogP contribution in [0.15, 0.2) is 48.8 Å². The highest BCUT2D eigenvalue weighted by Gasteiger charge is 2.31. The fourth-order valence-electron chi connectivity index (χ4n) is 4.32. The van der Waals surface area contributed by atoms with Crippen LogP contribution in [0, 0.1) is 13.8 Å². The van der Waals surface area contributed by atoms with Gasteiger partial charge in [0, 0.05) is 37.1 Å². The normalized spacial score (nSPS) is 16.7. The van der Waals surface area contributed by atoms with Gasteiger partial charge in [-0.1, -0.05) is 30.3 Å². The van der Waals surface area contributed by atoms with Gasteiger partial charge >= 0.3 is 0 Å². The first-order valence-electron chi connectivity index (χ1n) is 10.7. The van der Waals surface area contributed by atoms with Crippen LogP contribution in [0.2, 0.25) is 0 Å². The molecule has 158 valence electrons. The van der Waals surface area contributed by atoms with Crippen LogP contribution in [0.25, 0.3) is 16.2 Å². The van der Waals surface area contributed by atoms with Crippen LogP contribution >= 0.6 is 11.3 Å². The zero-order chi connectivity index (χ0) is 21.4. The van der Waals surface area contributed by atoms with Gasteiger partial charge in [-0.25, -0.2) is 15.0 Å². The molecule has 1 amide bonds. The van der Waals surface area contributed by atoms with E-state index in [-0.39, 0.29) is 11.9 Å². The van der Waals surface area contributed by atoms with Crippen LogP contribution in [-0.4, -0.2) is 42.7 Å². The molecular formula is C24H25N5OS. The molecule has 1 aromatic carbocycles. The summed E-state index contributed by atoms with van der Waals surface area (Å²) in [5.74, 6) is 0.746. The van der Waals surface area contributed by atoms with Gasteiger partial charge in [-0.15, -0.1) is 11.3 Å². The quantitative estimate of drug-likeness (QED) is 0.470. The van der Waals surface area contributed by atoms with Crippen LogP contribution in [0.5, 0.6) is 0 Å². The second kappa shape index (κ2) is 8.23. The van der Waals surface area contributed by atoms with Gasteiger partial charge in [0.15, 0.2) is 0 Å². The Morgan fingerprint density at radius 3 is 2.77 bits per heavy atom. The molecule has 31 heavy (non-hydrogen) atoms. The maximum absolute atomic E-state index is 13.7. The van der Waals surface area contributed by atoms with E-state index >= 15 is 0 Å². The first kappa shape index (κ1) is 19.9. The smallest absolute Gasteiger partial charge is 0.274 e. The molecule has 0 aliphatic carbocycles. The topological polar surface area (TPSA) is 63.4 Å². The summed E-state index contributed by atoms with van der Waals surface area (Å²) in [6, 6.07) is 12.2. The summed E-state index contributed by atoms with van der Waals surface area (Å²) in [5.41, 5.74) is 3.55. The Hall–Kier alpha value is -3.06. The summed E-state index contributed by atoms with van der Waals surface area (Å²) in [6.45, 7) is 4.70. The second-order valence-corrected chi connectivity index (χ2v) is 9.34. The van der Waals surface area contributed by atoms with E-state index in [9.17, 15) is 4.79 Å². The molecule has 0 unspecified atom stereocenters. The molecular weight excluding hydrogens is 406 g/mol. The van der Waals surface area contributed by atoms with Crippen LogP contribution < -0.4 is 0 Å². The highest BCUT2D eigenvalue weighted by Crippen LogP contribution is 2.32. The third-order valence-electron chi connectivity index (χ3n) is 5.82. The number of aryl methyl sites for hydroxylation is 2. The number of carbonyl (C=O) groups is 1. The van der Waals surface area contributed by atoms with Gasteiger partial charge in [-0.2, -0.15) is 0 Å². The molecule has 1 atom stereocenters. The molecule has 4 heterocycles. The van der Waals surface area contributed by atoms with Crippen molar-refractivity contribution in [2.24, 2.45) is 0 Å². The number of hydrogen-bond acceptors (Lipinski definition) is 5. The number of fused-ring (bicyclic) bond motifs is 1. The highest BCUT2D eigenvalue weighted by atomic mass is 32.1. The van der Waals surface area contributed by atoms with Gasteiger partial charge in [0.05, 0.1) is 15.6 Å². The molecule has 7 heteroatoms. The molecule has 0 N–H and O–H groups in total. The van der Waals surface area contributed by atoms with E-state index in [4.69, 9.17) is 4.98 Å². The summed E-state index contributed by atoms with van der Waals surface area (Å²) >= 11 is 1.59. The Labute approximate surface area is 185 Å². The number of nitrogens with zero attached hydrogens (tertiary/aromatic N) is 5. The maximum Gasteiger partial charge on any atom is 0.274 e. The zero-order valence-electron chi connectivity index (χ0n) is 17.8. The number of likely N-dealkylation sites (tertiary alicyclic amines) is 1. The molecule has 1 fully saturated rings. The number of imidazole rings is 1. The Balaban J connectivity index is 1.43. The molecule has 5 rings (SSSR count). The molecule has 0 radical (unpaired) electrons. The lowest BCUT2D eigenvalue weighted by Gasteiger charge is -2.35. The van der Waals surface area contributed by atoms with Crippen molar-refractivity contribution in [3.63, 3.8) is 0 Å². The monoisotopic (exact) mass is 431 g/mol. The van der Waals surface area contributed by atoms with Gasteiger partial charge in [-0.05, 0) is 44.7 Å². The first-order valence-corrected chi connectivity index (χ1v) is 11.5. The summed E-state index contributed by atoms with van der Waals surface area (Å²) in [6.07, 6.45) is 7.89. The molecule has 1 aliphatic heterocycles.